The van der Waals surface area contributed by atoms with Crippen LogP contribution in [0.15, 0.2) is 97.3 Å². The van der Waals surface area contributed by atoms with Gasteiger partial charge in [0.25, 0.3) is 6.47 Å². The molecule has 0 amide bonds. The number of anilines is 2. The van der Waals surface area contributed by atoms with Crippen molar-refractivity contribution in [3.8, 4) is 0 Å². The highest BCUT2D eigenvalue weighted by molar-refractivity contribution is 5.84. The summed E-state index contributed by atoms with van der Waals surface area (Å²) in [6, 6.07) is 30.4. The molecule has 0 unspecified atom stereocenters. The second-order valence-electron chi connectivity index (χ2n) is 13.0. The number of ether oxygens (including phenoxy) is 2. The predicted molar refractivity (Wildman–Crippen MR) is 193 cm³/mol. The molecule has 3 aromatic heterocycles. The minimum Gasteiger partial charge on any atom is -0.458 e. The average Bonchev–Trinajstić information content (AvgIpc) is 3.92. The third-order valence-electron chi connectivity index (χ3n) is 9.26. The van der Waals surface area contributed by atoms with E-state index in [1.807, 2.05) is 80.6 Å². The number of nitrogens with zero attached hydrogens (tertiary/aromatic N) is 7. The van der Waals surface area contributed by atoms with E-state index < -0.39 is 24.5 Å². The molecule has 4 heterocycles. The van der Waals surface area contributed by atoms with E-state index in [1.165, 1.54) is 6.33 Å². The lowest BCUT2D eigenvalue weighted by molar-refractivity contribution is -0.140. The lowest BCUT2D eigenvalue weighted by Crippen LogP contribution is -2.32. The Labute approximate surface area is 300 Å². The summed E-state index contributed by atoms with van der Waals surface area (Å²) in [6.45, 7) is 4.75. The minimum absolute atomic E-state index is 0.0235. The summed E-state index contributed by atoms with van der Waals surface area (Å²) < 4.78 is 13.3. The molecule has 0 spiro atoms. The number of hydrogen-bond donors (Lipinski definition) is 4. The smallest absolute Gasteiger partial charge is 0.293 e. The predicted octanol–water partition coefficient (Wildman–Crippen LogP) is 4.48. The summed E-state index contributed by atoms with van der Waals surface area (Å²) in [7, 11) is 0. The number of aliphatic hydroxyl groups excluding tert-OH is 2. The lowest BCUT2D eigenvalue weighted by atomic mass is 9.91. The van der Waals surface area contributed by atoms with E-state index in [4.69, 9.17) is 24.4 Å². The molecule has 3 aromatic carbocycles. The molecule has 6 aromatic rings. The van der Waals surface area contributed by atoms with Crippen LogP contribution in [-0.4, -0.2) is 83.4 Å². The summed E-state index contributed by atoms with van der Waals surface area (Å²) in [5.41, 5.74) is 4.12. The first-order valence-electron chi connectivity index (χ1n) is 17.3. The normalized spacial score (nSPS) is 18.7. The van der Waals surface area contributed by atoms with Crippen molar-refractivity contribution >= 4 is 29.4 Å². The van der Waals surface area contributed by atoms with Crippen LogP contribution in [0, 0.1) is 0 Å². The molecule has 4 N–H and O–H groups in total. The molecule has 7 rings (SSSR count). The van der Waals surface area contributed by atoms with Gasteiger partial charge in [-0.2, -0.15) is 15.1 Å². The molecule has 1 aliphatic heterocycles. The molecule has 268 valence electrons. The fraction of sp³-hybridized carbons (Fsp3) is 0.316. The Morgan fingerprint density at radius 2 is 1.65 bits per heavy atom. The van der Waals surface area contributed by atoms with Crippen LogP contribution in [0.25, 0.3) is 11.2 Å². The van der Waals surface area contributed by atoms with Crippen LogP contribution in [0.2, 0.25) is 0 Å². The number of H-pyrrole nitrogens is 1. The highest BCUT2D eigenvalue weighted by atomic mass is 16.6. The van der Waals surface area contributed by atoms with Crippen molar-refractivity contribution in [3.63, 3.8) is 0 Å². The van der Waals surface area contributed by atoms with Crippen LogP contribution in [0.3, 0.4) is 0 Å². The Balaban J connectivity index is 1.27. The van der Waals surface area contributed by atoms with E-state index in [-0.39, 0.29) is 31.0 Å². The summed E-state index contributed by atoms with van der Waals surface area (Å²) in [5.74, 6) is 1.59. The molecule has 52 heavy (non-hydrogen) atoms. The van der Waals surface area contributed by atoms with Gasteiger partial charge in [-0.25, -0.2) is 9.97 Å². The number of carbonyl (C=O) groups excluding carboxylic acids is 1. The minimum atomic E-state index is -1.32. The first-order chi connectivity index (χ1) is 25.4. The van der Waals surface area contributed by atoms with E-state index in [1.54, 1.807) is 9.47 Å². The number of carbonyl (C=O) groups is 1. The summed E-state index contributed by atoms with van der Waals surface area (Å²) in [4.78, 5) is 32.3. The Morgan fingerprint density at radius 1 is 0.981 bits per heavy atom. The highest BCUT2D eigenvalue weighted by Gasteiger charge is 2.49. The van der Waals surface area contributed by atoms with Crippen molar-refractivity contribution in [2.75, 3.05) is 30.0 Å². The van der Waals surface area contributed by atoms with E-state index in [2.05, 4.69) is 44.8 Å². The molecule has 4 atom stereocenters. The van der Waals surface area contributed by atoms with Crippen molar-refractivity contribution in [3.05, 3.63) is 126 Å². The maximum Gasteiger partial charge on any atom is 0.293 e. The molecular formula is C38H41N9O5. The van der Waals surface area contributed by atoms with Crippen molar-refractivity contribution in [1.82, 2.24) is 34.7 Å². The van der Waals surface area contributed by atoms with Gasteiger partial charge < -0.3 is 29.9 Å². The van der Waals surface area contributed by atoms with E-state index in [0.717, 1.165) is 16.7 Å². The van der Waals surface area contributed by atoms with Gasteiger partial charge in [-0.1, -0.05) is 105 Å². The van der Waals surface area contributed by atoms with Crippen LogP contribution in [0.1, 0.15) is 66.4 Å². The second kappa shape index (κ2) is 15.7. The Morgan fingerprint density at radius 3 is 2.27 bits per heavy atom. The molecular weight excluding hydrogens is 662 g/mol. The van der Waals surface area contributed by atoms with Gasteiger partial charge in [0.1, 0.15) is 12.8 Å². The number of nitrogens with one attached hydrogen (secondary N) is 2. The Kier molecular flexibility index (Phi) is 10.5. The molecule has 1 saturated heterocycles. The zero-order valence-electron chi connectivity index (χ0n) is 28.9. The molecule has 0 aliphatic carbocycles. The molecule has 1 fully saturated rings. The van der Waals surface area contributed by atoms with Gasteiger partial charge in [-0.15, -0.1) is 0 Å². The largest absolute Gasteiger partial charge is 0.458 e. The maximum atomic E-state index is 11.6. The highest BCUT2D eigenvalue weighted by Crippen LogP contribution is 2.41. The third-order valence-corrected chi connectivity index (χ3v) is 9.26. The van der Waals surface area contributed by atoms with Crippen LogP contribution >= 0.6 is 0 Å². The molecule has 14 nitrogen and oxygen atoms in total. The van der Waals surface area contributed by atoms with Crippen LogP contribution < -0.4 is 10.2 Å². The van der Waals surface area contributed by atoms with E-state index >= 15 is 0 Å². The molecule has 1 aliphatic rings. The standard InChI is InChI=1S/C38H41N9O5/c1-24(2)33-41-35(45-44-33)32-31(51-23-49)30(50)37(52-32)47-21-40-29-34(39-20-28(26-14-8-4-9-15-26)27-16-10-5-11-17-27)42-38(43-36(29)47)46(22-48)19-18-25-12-6-3-7-13-25/h3-17,21,23-24,28,30-32,37,48,50H,18-20,22H2,1-2H3,(H,39,42,43)(H,41,44,45)/t30-,31+,32+,37-/m1/s1. The first-order valence-corrected chi connectivity index (χ1v) is 17.3. The number of aromatic amines is 1. The first kappa shape index (κ1) is 34.7. The van der Waals surface area contributed by atoms with Gasteiger partial charge in [-0.05, 0) is 23.1 Å². The summed E-state index contributed by atoms with van der Waals surface area (Å²) in [5, 5.41) is 32.8. The van der Waals surface area contributed by atoms with Gasteiger partial charge in [0.05, 0.1) is 6.33 Å². The number of fused-ring (bicyclic) bond motifs is 1. The van der Waals surface area contributed by atoms with Gasteiger partial charge in [0.2, 0.25) is 5.95 Å². The van der Waals surface area contributed by atoms with E-state index in [0.29, 0.717) is 48.1 Å². The fourth-order valence-electron chi connectivity index (χ4n) is 6.49. The van der Waals surface area contributed by atoms with Gasteiger partial charge >= 0.3 is 0 Å². The molecule has 0 bridgehead atoms. The number of rotatable bonds is 15. The third kappa shape index (κ3) is 7.21. The topological polar surface area (TPSA) is 176 Å². The SMILES string of the molecule is CC(C)c1n[nH]c([C@H]2O[C@@H](n3cnc4c(NCC(c5ccccc5)c5ccccc5)nc(N(CO)CCc5ccccc5)nc43)[C@H](O)[C@@H]2OC=O)n1. The fourth-order valence-corrected chi connectivity index (χ4v) is 6.49. The Hall–Kier alpha value is -5.70. The molecule has 14 heteroatoms. The molecule has 0 saturated carbocycles. The lowest BCUT2D eigenvalue weighted by Gasteiger charge is -2.23. The zero-order chi connectivity index (χ0) is 36.0. The van der Waals surface area contributed by atoms with Gasteiger partial charge in [-0.3, -0.25) is 14.5 Å². The van der Waals surface area contributed by atoms with Crippen molar-refractivity contribution in [2.45, 2.75) is 56.6 Å². The number of benzene rings is 3. The molecule has 0 radical (unpaired) electrons. The van der Waals surface area contributed by atoms with Gasteiger partial charge in [0, 0.05) is 24.9 Å². The van der Waals surface area contributed by atoms with Gasteiger partial charge in [0.15, 0.2) is 47.1 Å². The van der Waals surface area contributed by atoms with Crippen LogP contribution in [-0.2, 0) is 20.7 Å². The number of imidazole rings is 1. The number of aliphatic hydroxyl groups is 2. The summed E-state index contributed by atoms with van der Waals surface area (Å²) in [6.07, 6.45) is -2.27. The van der Waals surface area contributed by atoms with Crippen LogP contribution in [0.4, 0.5) is 11.8 Å². The van der Waals surface area contributed by atoms with Crippen LogP contribution in [0.5, 0.6) is 0 Å². The summed E-state index contributed by atoms with van der Waals surface area (Å²) >= 11 is 0. The quantitative estimate of drug-likeness (QED) is 0.0873. The monoisotopic (exact) mass is 703 g/mol. The van der Waals surface area contributed by atoms with Crippen molar-refractivity contribution in [2.24, 2.45) is 0 Å². The van der Waals surface area contributed by atoms with Crippen molar-refractivity contribution in [1.29, 1.82) is 0 Å². The van der Waals surface area contributed by atoms with Crippen molar-refractivity contribution < 1.29 is 24.5 Å². The number of hydrogen-bond acceptors (Lipinski definition) is 12. The second-order valence-corrected chi connectivity index (χ2v) is 13.0. The number of aromatic nitrogens is 7. The Bertz CT molecular complexity index is 2020. The van der Waals surface area contributed by atoms with E-state index in [9.17, 15) is 15.0 Å². The zero-order valence-corrected chi connectivity index (χ0v) is 28.9. The maximum absolute atomic E-state index is 11.6. The average molecular weight is 704 g/mol.